The number of nitrogens with one attached hydrogen (secondary N) is 1. The smallest absolute Gasteiger partial charge is 0.103 e. The molecule has 5 heteroatoms. The number of benzene rings is 1. The highest BCUT2D eigenvalue weighted by Gasteiger charge is 2.15. The molecular formula is C16H24N4O. The van der Waals surface area contributed by atoms with E-state index in [1.165, 1.54) is 0 Å². The molecular weight excluding hydrogens is 264 g/mol. The summed E-state index contributed by atoms with van der Waals surface area (Å²) in [6, 6.07) is 8.39. The molecule has 1 unspecified atom stereocenters. The molecule has 21 heavy (non-hydrogen) atoms. The number of hydrogen-bond acceptors (Lipinski definition) is 4. The van der Waals surface area contributed by atoms with E-state index >= 15 is 0 Å². The summed E-state index contributed by atoms with van der Waals surface area (Å²) in [5.41, 5.74) is 4.22. The van der Waals surface area contributed by atoms with Crippen LogP contribution < -0.4 is 5.32 Å². The van der Waals surface area contributed by atoms with E-state index in [0.717, 1.165) is 35.6 Å². The topological polar surface area (TPSA) is 52.0 Å². The highest BCUT2D eigenvalue weighted by atomic mass is 16.5. The van der Waals surface area contributed by atoms with Gasteiger partial charge in [-0.1, -0.05) is 24.3 Å². The van der Waals surface area contributed by atoms with Crippen LogP contribution >= 0.6 is 0 Å². The van der Waals surface area contributed by atoms with Crippen molar-refractivity contribution in [1.82, 2.24) is 20.3 Å². The molecule has 2 aromatic rings. The van der Waals surface area contributed by atoms with Gasteiger partial charge in [0.05, 0.1) is 24.0 Å². The molecule has 0 aliphatic heterocycles. The molecule has 1 atom stereocenters. The quantitative estimate of drug-likeness (QED) is 0.851. The molecule has 1 heterocycles. The van der Waals surface area contributed by atoms with Crippen LogP contribution in [0.5, 0.6) is 0 Å². The summed E-state index contributed by atoms with van der Waals surface area (Å²) >= 11 is 0. The van der Waals surface area contributed by atoms with Crippen LogP contribution in [-0.4, -0.2) is 28.6 Å². The Morgan fingerprint density at radius 3 is 2.90 bits per heavy atom. The third-order valence-electron chi connectivity index (χ3n) is 3.51. The lowest BCUT2D eigenvalue weighted by molar-refractivity contribution is 0.185. The number of methoxy groups -OCH3 is 1. The zero-order chi connectivity index (χ0) is 15.2. The fraction of sp³-hybridized carbons (Fsp3) is 0.500. The molecule has 1 N–H and O–H groups in total. The molecule has 1 aromatic heterocycles. The minimum atomic E-state index is 0.209. The molecule has 114 valence electrons. The summed E-state index contributed by atoms with van der Waals surface area (Å²) in [6.07, 6.45) is 1.11. The summed E-state index contributed by atoms with van der Waals surface area (Å²) in [4.78, 5) is 0. The molecule has 0 bridgehead atoms. The predicted octanol–water partition coefficient (Wildman–Crippen LogP) is 2.78. The molecule has 0 amide bonds. The van der Waals surface area contributed by atoms with E-state index in [0.29, 0.717) is 6.61 Å². The van der Waals surface area contributed by atoms with E-state index in [2.05, 4.69) is 42.5 Å². The van der Waals surface area contributed by atoms with Crippen molar-refractivity contribution in [3.8, 4) is 5.69 Å². The van der Waals surface area contributed by atoms with E-state index in [-0.39, 0.29) is 6.04 Å². The number of aromatic nitrogens is 3. The zero-order valence-corrected chi connectivity index (χ0v) is 13.3. The van der Waals surface area contributed by atoms with Gasteiger partial charge in [0.15, 0.2) is 0 Å². The van der Waals surface area contributed by atoms with Crippen molar-refractivity contribution >= 4 is 0 Å². The van der Waals surface area contributed by atoms with Crippen LogP contribution in [0.1, 0.15) is 43.3 Å². The molecule has 0 fully saturated rings. The van der Waals surface area contributed by atoms with Gasteiger partial charge < -0.3 is 10.1 Å². The van der Waals surface area contributed by atoms with Gasteiger partial charge in [0.25, 0.3) is 0 Å². The normalized spacial score (nSPS) is 12.6. The maximum atomic E-state index is 5.18. The Morgan fingerprint density at radius 2 is 2.19 bits per heavy atom. The molecule has 1 aromatic carbocycles. The number of nitrogens with zero attached hydrogens (tertiary/aromatic N) is 3. The molecule has 0 radical (unpaired) electrons. The van der Waals surface area contributed by atoms with Crippen LogP contribution in [0.15, 0.2) is 24.3 Å². The maximum Gasteiger partial charge on any atom is 0.103 e. The first-order valence-corrected chi connectivity index (χ1v) is 7.41. The lowest BCUT2D eigenvalue weighted by atomic mass is 10.1. The Balaban J connectivity index is 2.25. The van der Waals surface area contributed by atoms with Gasteiger partial charge >= 0.3 is 0 Å². The third-order valence-corrected chi connectivity index (χ3v) is 3.51. The van der Waals surface area contributed by atoms with Gasteiger partial charge in [-0.25, -0.2) is 4.68 Å². The minimum absolute atomic E-state index is 0.209. The van der Waals surface area contributed by atoms with Crippen LogP contribution in [0.3, 0.4) is 0 Å². The fourth-order valence-corrected chi connectivity index (χ4v) is 2.39. The first-order chi connectivity index (χ1) is 10.2. The van der Waals surface area contributed by atoms with Gasteiger partial charge in [0, 0.05) is 7.11 Å². The summed E-state index contributed by atoms with van der Waals surface area (Å²) in [6.45, 7) is 7.92. The molecule has 5 nitrogen and oxygen atoms in total. The Labute approximate surface area is 126 Å². The van der Waals surface area contributed by atoms with Crippen LogP contribution in [0.25, 0.3) is 5.69 Å². The lowest BCUT2D eigenvalue weighted by Gasteiger charge is -2.11. The van der Waals surface area contributed by atoms with Gasteiger partial charge in [-0.3, -0.25) is 0 Å². The molecule has 0 aliphatic rings. The number of rotatable bonds is 7. The Bertz CT molecular complexity index is 579. The Morgan fingerprint density at radius 1 is 1.38 bits per heavy atom. The standard InChI is InChI=1S/C16H24N4O/c1-5-9-17-12(2)16-13(3)20(19-18-16)15-8-6-7-14(10-15)11-21-4/h6-8,10,12,17H,5,9,11H2,1-4H3. The molecule has 0 saturated heterocycles. The monoisotopic (exact) mass is 288 g/mol. The SMILES string of the molecule is CCCNC(C)c1nnn(-c2cccc(COC)c2)c1C. The summed E-state index contributed by atoms with van der Waals surface area (Å²) in [5, 5.41) is 12.1. The van der Waals surface area contributed by atoms with Crippen molar-refractivity contribution in [2.24, 2.45) is 0 Å². The second kappa shape index (κ2) is 7.33. The molecule has 0 saturated carbocycles. The van der Waals surface area contributed by atoms with Gasteiger partial charge in [-0.05, 0) is 44.5 Å². The van der Waals surface area contributed by atoms with Crippen molar-refractivity contribution < 1.29 is 4.74 Å². The van der Waals surface area contributed by atoms with Crippen molar-refractivity contribution in [2.75, 3.05) is 13.7 Å². The highest BCUT2D eigenvalue weighted by Crippen LogP contribution is 2.18. The van der Waals surface area contributed by atoms with Crippen molar-refractivity contribution in [1.29, 1.82) is 0 Å². The van der Waals surface area contributed by atoms with Gasteiger partial charge in [-0.15, -0.1) is 5.10 Å². The average molecular weight is 288 g/mol. The van der Waals surface area contributed by atoms with E-state index in [9.17, 15) is 0 Å². The van der Waals surface area contributed by atoms with E-state index < -0.39 is 0 Å². The van der Waals surface area contributed by atoms with Crippen molar-refractivity contribution in [3.05, 3.63) is 41.2 Å². The molecule has 0 spiro atoms. The highest BCUT2D eigenvalue weighted by molar-refractivity contribution is 5.37. The minimum Gasteiger partial charge on any atom is -0.380 e. The number of ether oxygens (including phenoxy) is 1. The summed E-state index contributed by atoms with van der Waals surface area (Å²) < 4.78 is 7.07. The maximum absolute atomic E-state index is 5.18. The second-order valence-corrected chi connectivity index (χ2v) is 5.25. The van der Waals surface area contributed by atoms with Crippen molar-refractivity contribution in [3.63, 3.8) is 0 Å². The first-order valence-electron chi connectivity index (χ1n) is 7.41. The van der Waals surface area contributed by atoms with Crippen LogP contribution in [-0.2, 0) is 11.3 Å². The largest absolute Gasteiger partial charge is 0.380 e. The summed E-state index contributed by atoms with van der Waals surface area (Å²) in [7, 11) is 1.70. The van der Waals surface area contributed by atoms with E-state index in [1.54, 1.807) is 7.11 Å². The molecule has 0 aliphatic carbocycles. The lowest BCUT2D eigenvalue weighted by Crippen LogP contribution is -2.20. The summed E-state index contributed by atoms with van der Waals surface area (Å²) in [5.74, 6) is 0. The molecule has 2 rings (SSSR count). The zero-order valence-electron chi connectivity index (χ0n) is 13.3. The second-order valence-electron chi connectivity index (χ2n) is 5.25. The fourth-order valence-electron chi connectivity index (χ4n) is 2.39. The average Bonchev–Trinajstić information content (AvgIpc) is 2.87. The predicted molar refractivity (Wildman–Crippen MR) is 83.5 cm³/mol. The third kappa shape index (κ3) is 3.68. The van der Waals surface area contributed by atoms with Crippen LogP contribution in [0.4, 0.5) is 0 Å². The van der Waals surface area contributed by atoms with E-state index in [4.69, 9.17) is 4.74 Å². The van der Waals surface area contributed by atoms with Crippen molar-refractivity contribution in [2.45, 2.75) is 39.8 Å². The Kier molecular flexibility index (Phi) is 5.47. The van der Waals surface area contributed by atoms with Gasteiger partial charge in [0.1, 0.15) is 5.69 Å². The number of hydrogen-bond donors (Lipinski definition) is 1. The van der Waals surface area contributed by atoms with Crippen LogP contribution in [0.2, 0.25) is 0 Å². The van der Waals surface area contributed by atoms with Gasteiger partial charge in [-0.2, -0.15) is 0 Å². The first kappa shape index (κ1) is 15.7. The van der Waals surface area contributed by atoms with E-state index in [1.807, 2.05) is 22.9 Å². The van der Waals surface area contributed by atoms with Crippen LogP contribution in [0, 0.1) is 6.92 Å². The Hall–Kier alpha value is -1.72. The van der Waals surface area contributed by atoms with Gasteiger partial charge in [0.2, 0.25) is 0 Å².